The van der Waals surface area contributed by atoms with Crippen LogP contribution in [-0.4, -0.2) is 26.2 Å². The van der Waals surface area contributed by atoms with Crippen molar-refractivity contribution >= 4 is 32.9 Å². The first-order valence-electron chi connectivity index (χ1n) is 6.25. The lowest BCUT2D eigenvalue weighted by Crippen LogP contribution is -2.02. The summed E-state index contributed by atoms with van der Waals surface area (Å²) >= 11 is 3.04. The molecule has 2 N–H and O–H groups in total. The Balaban J connectivity index is 2.29. The van der Waals surface area contributed by atoms with Gasteiger partial charge in [-0.1, -0.05) is 0 Å². The van der Waals surface area contributed by atoms with Crippen molar-refractivity contribution in [3.63, 3.8) is 0 Å². The normalized spacial score (nSPS) is 10.9. The number of carboxylic acids is 1. The number of hydrogen-bond acceptors (Lipinski definition) is 4. The highest BCUT2D eigenvalue weighted by atomic mass is 79.9. The third-order valence-corrected chi connectivity index (χ3v) is 3.80. The molecule has 0 aliphatic carbocycles. The Hall–Kier alpha value is -2.61. The zero-order chi connectivity index (χ0) is 16.7. The van der Waals surface area contributed by atoms with Crippen LogP contribution in [0.2, 0.25) is 0 Å². The van der Waals surface area contributed by atoms with Crippen molar-refractivity contribution in [2.45, 2.75) is 0 Å². The van der Waals surface area contributed by atoms with Crippen molar-refractivity contribution in [2.75, 3.05) is 0 Å². The Labute approximate surface area is 136 Å². The van der Waals surface area contributed by atoms with Gasteiger partial charge in [-0.3, -0.25) is 4.98 Å². The second-order valence-corrected chi connectivity index (χ2v) is 5.49. The van der Waals surface area contributed by atoms with Gasteiger partial charge in [0.1, 0.15) is 16.8 Å². The van der Waals surface area contributed by atoms with E-state index < -0.39 is 28.9 Å². The summed E-state index contributed by atoms with van der Waals surface area (Å²) in [7, 11) is 0. The summed E-state index contributed by atoms with van der Waals surface area (Å²) < 4.78 is 26.5. The second kappa shape index (κ2) is 5.54. The summed E-state index contributed by atoms with van der Waals surface area (Å²) in [6.45, 7) is 0. The summed E-state index contributed by atoms with van der Waals surface area (Å²) in [5.41, 5.74) is 0.142. The molecule has 0 amide bonds. The lowest BCUT2D eigenvalue weighted by Gasteiger charge is -2.08. The summed E-state index contributed by atoms with van der Waals surface area (Å²) in [5, 5.41) is 19.2. The van der Waals surface area contributed by atoms with Crippen LogP contribution in [0.3, 0.4) is 0 Å². The molecule has 2 aromatic carbocycles. The van der Waals surface area contributed by atoms with Crippen LogP contribution < -0.4 is 0 Å². The van der Waals surface area contributed by atoms with Gasteiger partial charge in [0.25, 0.3) is 0 Å². The molecule has 0 spiro atoms. The van der Waals surface area contributed by atoms with Gasteiger partial charge >= 0.3 is 5.97 Å². The maximum atomic E-state index is 13.3. The lowest BCUT2D eigenvalue weighted by atomic mass is 10.1. The smallest absolute Gasteiger partial charge is 0.341 e. The number of rotatable bonds is 2. The number of aromatic hydroxyl groups is 1. The molecule has 116 valence electrons. The van der Waals surface area contributed by atoms with Gasteiger partial charge in [-0.15, -0.1) is 0 Å². The van der Waals surface area contributed by atoms with Crippen LogP contribution in [0.5, 0.6) is 5.75 Å². The molecular formula is C15H7BrF2N2O3. The number of halogens is 3. The molecule has 0 saturated heterocycles. The van der Waals surface area contributed by atoms with Crippen molar-refractivity contribution in [1.82, 2.24) is 9.97 Å². The van der Waals surface area contributed by atoms with Crippen LogP contribution in [0.4, 0.5) is 8.78 Å². The molecule has 5 nitrogen and oxygen atoms in total. The summed E-state index contributed by atoms with van der Waals surface area (Å²) in [5.74, 6) is -3.93. The fourth-order valence-corrected chi connectivity index (χ4v) is 2.52. The third-order valence-electron chi connectivity index (χ3n) is 3.19. The Morgan fingerprint density at radius 2 is 1.91 bits per heavy atom. The number of benzene rings is 2. The van der Waals surface area contributed by atoms with Crippen molar-refractivity contribution < 1.29 is 23.8 Å². The Bertz CT molecular complexity index is 963. The molecule has 1 heterocycles. The quantitative estimate of drug-likeness (QED) is 0.707. The summed E-state index contributed by atoms with van der Waals surface area (Å²) in [4.78, 5) is 19.6. The molecule has 0 fully saturated rings. The van der Waals surface area contributed by atoms with E-state index in [1.165, 1.54) is 18.3 Å². The number of aromatic carboxylic acids is 1. The molecule has 0 bridgehead atoms. The minimum atomic E-state index is -1.38. The largest absolute Gasteiger partial charge is 0.506 e. The SMILES string of the molecule is O=C(O)c1c(O)c(Br)cc2ncc(-c3ccc(F)c(F)c3)nc12. The zero-order valence-corrected chi connectivity index (χ0v) is 12.8. The first-order chi connectivity index (χ1) is 10.9. The topological polar surface area (TPSA) is 83.3 Å². The van der Waals surface area contributed by atoms with Gasteiger partial charge in [-0.25, -0.2) is 18.6 Å². The predicted octanol–water partition coefficient (Wildman–Crippen LogP) is 3.74. The molecule has 23 heavy (non-hydrogen) atoms. The zero-order valence-electron chi connectivity index (χ0n) is 11.2. The van der Waals surface area contributed by atoms with Crippen LogP contribution in [0.15, 0.2) is 34.9 Å². The number of carboxylic acid groups (broad SMARTS) is 1. The molecule has 0 atom stereocenters. The highest BCUT2D eigenvalue weighted by molar-refractivity contribution is 9.10. The summed E-state index contributed by atoms with van der Waals surface area (Å²) in [6, 6.07) is 4.59. The number of fused-ring (bicyclic) bond motifs is 1. The van der Waals surface area contributed by atoms with E-state index >= 15 is 0 Å². The maximum Gasteiger partial charge on any atom is 0.341 e. The number of nitrogens with zero attached hydrogens (tertiary/aromatic N) is 2. The van der Waals surface area contributed by atoms with Gasteiger partial charge in [0, 0.05) is 5.56 Å². The Morgan fingerprint density at radius 3 is 2.57 bits per heavy atom. The average Bonchev–Trinajstić information content (AvgIpc) is 2.50. The highest BCUT2D eigenvalue weighted by Crippen LogP contribution is 2.34. The molecule has 0 aliphatic heterocycles. The number of hydrogen-bond donors (Lipinski definition) is 2. The van der Waals surface area contributed by atoms with Gasteiger partial charge in [-0.2, -0.15) is 0 Å². The fraction of sp³-hybridized carbons (Fsp3) is 0. The lowest BCUT2D eigenvalue weighted by molar-refractivity contribution is 0.0695. The molecule has 0 aliphatic rings. The number of phenols is 1. The summed E-state index contributed by atoms with van der Waals surface area (Å²) in [6.07, 6.45) is 1.31. The van der Waals surface area contributed by atoms with Gasteiger partial charge in [0.05, 0.1) is 21.9 Å². The number of aromatic nitrogens is 2. The van der Waals surface area contributed by atoms with Crippen LogP contribution in [0.25, 0.3) is 22.3 Å². The van der Waals surface area contributed by atoms with Gasteiger partial charge in [0.15, 0.2) is 11.6 Å². The molecule has 3 rings (SSSR count). The van der Waals surface area contributed by atoms with Gasteiger partial charge in [0.2, 0.25) is 0 Å². The molecular weight excluding hydrogens is 374 g/mol. The molecule has 8 heteroatoms. The van der Waals surface area contributed by atoms with E-state index in [0.717, 1.165) is 12.1 Å². The first-order valence-corrected chi connectivity index (χ1v) is 7.04. The predicted molar refractivity (Wildman–Crippen MR) is 81.2 cm³/mol. The Kier molecular flexibility index (Phi) is 3.69. The first kappa shape index (κ1) is 15.3. The fourth-order valence-electron chi connectivity index (χ4n) is 2.11. The van der Waals surface area contributed by atoms with E-state index in [9.17, 15) is 23.8 Å². The van der Waals surface area contributed by atoms with E-state index in [4.69, 9.17) is 0 Å². The van der Waals surface area contributed by atoms with E-state index in [1.807, 2.05) is 0 Å². The van der Waals surface area contributed by atoms with Gasteiger partial charge in [-0.05, 0) is 40.2 Å². The van der Waals surface area contributed by atoms with Crippen LogP contribution in [0, 0.1) is 11.6 Å². The molecule has 0 saturated carbocycles. The van der Waals surface area contributed by atoms with Crippen LogP contribution in [0.1, 0.15) is 10.4 Å². The Morgan fingerprint density at radius 1 is 1.17 bits per heavy atom. The van der Waals surface area contributed by atoms with Crippen molar-refractivity contribution in [3.8, 4) is 17.0 Å². The van der Waals surface area contributed by atoms with E-state index in [0.29, 0.717) is 0 Å². The van der Waals surface area contributed by atoms with Crippen LogP contribution in [-0.2, 0) is 0 Å². The third kappa shape index (κ3) is 2.61. The van der Waals surface area contributed by atoms with E-state index in [-0.39, 0.29) is 26.8 Å². The minimum Gasteiger partial charge on any atom is -0.506 e. The van der Waals surface area contributed by atoms with Crippen molar-refractivity contribution in [1.29, 1.82) is 0 Å². The van der Waals surface area contributed by atoms with Gasteiger partial charge < -0.3 is 10.2 Å². The molecule has 3 aromatic rings. The molecule has 1 aromatic heterocycles. The second-order valence-electron chi connectivity index (χ2n) is 4.64. The van der Waals surface area contributed by atoms with Crippen molar-refractivity contribution in [3.05, 3.63) is 52.1 Å². The maximum absolute atomic E-state index is 13.3. The monoisotopic (exact) mass is 380 g/mol. The van der Waals surface area contributed by atoms with E-state index in [2.05, 4.69) is 25.9 Å². The van der Waals surface area contributed by atoms with Crippen molar-refractivity contribution in [2.24, 2.45) is 0 Å². The van der Waals surface area contributed by atoms with Crippen LogP contribution >= 0.6 is 15.9 Å². The molecule has 0 unspecified atom stereocenters. The average molecular weight is 381 g/mol. The molecule has 0 radical (unpaired) electrons. The number of carbonyl (C=O) groups is 1. The van der Waals surface area contributed by atoms with E-state index in [1.54, 1.807) is 0 Å². The highest BCUT2D eigenvalue weighted by Gasteiger charge is 2.20. The standard InChI is InChI=1S/C15H7BrF2N2O3/c16-7-4-10-13(12(14(7)21)15(22)23)20-11(5-19-10)6-1-2-8(17)9(18)3-6/h1-5,21H,(H,22,23). The minimum absolute atomic E-state index is 0.0552.